The number of hydrogen-bond donors (Lipinski definition) is 2. The van der Waals surface area contributed by atoms with Crippen molar-refractivity contribution in [1.82, 2.24) is 4.98 Å². The molecule has 1 aromatic rings. The molecule has 2 aliphatic rings. The predicted octanol–water partition coefficient (Wildman–Crippen LogP) is 2.85. The van der Waals surface area contributed by atoms with Gasteiger partial charge in [-0.05, 0) is 30.7 Å². The monoisotopic (exact) mass is 308 g/mol. The summed E-state index contributed by atoms with van der Waals surface area (Å²) in [5, 5.41) is 12.3. The van der Waals surface area contributed by atoms with Crippen LogP contribution in [0.4, 0.5) is 5.82 Å². The first-order valence-corrected chi connectivity index (χ1v) is 7.96. The standard InChI is InChI=1S/C15H21ClN4O/c16-13-12(14(17)19-21)5-7-18-15(13)20-8-6-10-3-1-2-4-11(10)9-20/h5,7,10-11,21H,1-4,6,8-9H2,(H2,17,19). The highest BCUT2D eigenvalue weighted by molar-refractivity contribution is 6.36. The zero-order valence-electron chi connectivity index (χ0n) is 12.0. The fraction of sp³-hybridized carbons (Fsp3) is 0.600. The van der Waals surface area contributed by atoms with Crippen molar-refractivity contribution >= 4 is 23.3 Å². The Balaban J connectivity index is 1.84. The van der Waals surface area contributed by atoms with Crippen molar-refractivity contribution in [2.45, 2.75) is 32.1 Å². The van der Waals surface area contributed by atoms with E-state index in [0.29, 0.717) is 10.6 Å². The molecule has 2 atom stereocenters. The first-order chi connectivity index (χ1) is 10.2. The normalized spacial score (nSPS) is 26.5. The minimum absolute atomic E-state index is 0.0243. The molecule has 1 aromatic heterocycles. The van der Waals surface area contributed by atoms with Crippen molar-refractivity contribution in [2.24, 2.45) is 22.7 Å². The number of aromatic nitrogens is 1. The highest BCUT2D eigenvalue weighted by atomic mass is 35.5. The summed E-state index contributed by atoms with van der Waals surface area (Å²) in [7, 11) is 0. The number of nitrogens with two attached hydrogens (primary N) is 1. The highest BCUT2D eigenvalue weighted by Crippen LogP contribution is 2.38. The molecule has 1 aliphatic carbocycles. The lowest BCUT2D eigenvalue weighted by Gasteiger charge is -2.42. The molecule has 2 heterocycles. The molecule has 0 aromatic carbocycles. The van der Waals surface area contributed by atoms with E-state index in [9.17, 15) is 0 Å². The average Bonchev–Trinajstić information content (AvgIpc) is 2.54. The van der Waals surface area contributed by atoms with Gasteiger partial charge in [-0.25, -0.2) is 4.98 Å². The molecule has 114 valence electrons. The summed E-state index contributed by atoms with van der Waals surface area (Å²) in [4.78, 5) is 6.67. The summed E-state index contributed by atoms with van der Waals surface area (Å²) in [5.41, 5.74) is 6.21. The van der Waals surface area contributed by atoms with Crippen LogP contribution in [0.25, 0.3) is 0 Å². The number of nitrogens with zero attached hydrogens (tertiary/aromatic N) is 3. The SMILES string of the molecule is N/C(=N/O)c1ccnc(N2CCC3CCCCC3C2)c1Cl. The molecule has 2 fully saturated rings. The third-order valence-electron chi connectivity index (χ3n) is 4.85. The molecule has 0 bridgehead atoms. The number of anilines is 1. The number of piperidine rings is 1. The molecular weight excluding hydrogens is 288 g/mol. The maximum atomic E-state index is 8.84. The number of pyridine rings is 1. The van der Waals surface area contributed by atoms with Crippen LogP contribution in [0, 0.1) is 11.8 Å². The Kier molecular flexibility index (Phi) is 4.19. The highest BCUT2D eigenvalue weighted by Gasteiger charge is 2.32. The molecular formula is C15H21ClN4O. The third-order valence-corrected chi connectivity index (χ3v) is 5.22. The van der Waals surface area contributed by atoms with Crippen molar-refractivity contribution < 1.29 is 5.21 Å². The van der Waals surface area contributed by atoms with E-state index in [1.807, 2.05) is 0 Å². The first kappa shape index (κ1) is 14.4. The Hall–Kier alpha value is -1.49. The molecule has 0 amide bonds. The smallest absolute Gasteiger partial charge is 0.171 e. The van der Waals surface area contributed by atoms with E-state index >= 15 is 0 Å². The van der Waals surface area contributed by atoms with Crippen molar-refractivity contribution in [3.05, 3.63) is 22.8 Å². The largest absolute Gasteiger partial charge is 0.409 e. The molecule has 21 heavy (non-hydrogen) atoms. The Labute approximate surface area is 129 Å². The molecule has 1 saturated heterocycles. The first-order valence-electron chi connectivity index (χ1n) is 7.58. The quantitative estimate of drug-likeness (QED) is 0.381. The van der Waals surface area contributed by atoms with Crippen molar-refractivity contribution in [2.75, 3.05) is 18.0 Å². The second-order valence-corrected chi connectivity index (χ2v) is 6.40. The molecule has 0 radical (unpaired) electrons. The molecule has 2 unspecified atom stereocenters. The van der Waals surface area contributed by atoms with Gasteiger partial charge in [0.2, 0.25) is 0 Å². The zero-order chi connectivity index (χ0) is 14.8. The van der Waals surface area contributed by atoms with Gasteiger partial charge in [0.25, 0.3) is 0 Å². The Bertz CT molecular complexity index is 548. The predicted molar refractivity (Wildman–Crippen MR) is 84.0 cm³/mol. The molecule has 1 aliphatic heterocycles. The molecule has 5 nitrogen and oxygen atoms in total. The summed E-state index contributed by atoms with van der Waals surface area (Å²) in [6, 6.07) is 1.67. The van der Waals surface area contributed by atoms with Gasteiger partial charge in [0.05, 0.1) is 5.02 Å². The van der Waals surface area contributed by atoms with Gasteiger partial charge in [-0.2, -0.15) is 0 Å². The fourth-order valence-corrected chi connectivity index (χ4v) is 4.03. The minimum Gasteiger partial charge on any atom is -0.409 e. The summed E-state index contributed by atoms with van der Waals surface area (Å²) >= 11 is 6.41. The van der Waals surface area contributed by atoms with Crippen molar-refractivity contribution in [3.8, 4) is 0 Å². The van der Waals surface area contributed by atoms with E-state index < -0.39 is 0 Å². The molecule has 0 spiro atoms. The van der Waals surface area contributed by atoms with E-state index in [2.05, 4.69) is 15.0 Å². The number of fused-ring (bicyclic) bond motifs is 1. The number of amidine groups is 1. The van der Waals surface area contributed by atoms with Crippen LogP contribution < -0.4 is 10.6 Å². The fourth-order valence-electron chi connectivity index (χ4n) is 3.70. The molecule has 1 saturated carbocycles. The number of oxime groups is 1. The van der Waals surface area contributed by atoms with Crippen LogP contribution in [-0.4, -0.2) is 29.1 Å². The number of hydrogen-bond acceptors (Lipinski definition) is 4. The second-order valence-electron chi connectivity index (χ2n) is 6.02. The van der Waals surface area contributed by atoms with E-state index in [-0.39, 0.29) is 5.84 Å². The average molecular weight is 309 g/mol. The van der Waals surface area contributed by atoms with Gasteiger partial charge < -0.3 is 15.8 Å². The van der Waals surface area contributed by atoms with Gasteiger partial charge in [0.1, 0.15) is 5.82 Å². The maximum absolute atomic E-state index is 8.84. The minimum atomic E-state index is 0.0243. The van der Waals surface area contributed by atoms with E-state index in [0.717, 1.165) is 30.7 Å². The van der Waals surface area contributed by atoms with Crippen LogP contribution >= 0.6 is 11.6 Å². The van der Waals surface area contributed by atoms with Crippen LogP contribution in [0.2, 0.25) is 5.02 Å². The van der Waals surface area contributed by atoms with E-state index in [4.69, 9.17) is 22.5 Å². The van der Waals surface area contributed by atoms with Gasteiger partial charge in [0, 0.05) is 24.8 Å². The maximum Gasteiger partial charge on any atom is 0.171 e. The number of rotatable bonds is 2. The topological polar surface area (TPSA) is 74.7 Å². The molecule has 3 rings (SSSR count). The molecule has 3 N–H and O–H groups in total. The zero-order valence-corrected chi connectivity index (χ0v) is 12.8. The summed E-state index contributed by atoms with van der Waals surface area (Å²) in [6.45, 7) is 1.99. The summed E-state index contributed by atoms with van der Waals surface area (Å²) in [6.07, 6.45) is 8.25. The van der Waals surface area contributed by atoms with Crippen LogP contribution in [-0.2, 0) is 0 Å². The Morgan fingerprint density at radius 1 is 1.33 bits per heavy atom. The van der Waals surface area contributed by atoms with Gasteiger partial charge >= 0.3 is 0 Å². The second kappa shape index (κ2) is 6.10. The van der Waals surface area contributed by atoms with E-state index in [1.54, 1.807) is 12.3 Å². The van der Waals surface area contributed by atoms with Gasteiger partial charge in [-0.15, -0.1) is 0 Å². The van der Waals surface area contributed by atoms with Crippen LogP contribution in [0.1, 0.15) is 37.7 Å². The Morgan fingerprint density at radius 2 is 2.10 bits per heavy atom. The lowest BCUT2D eigenvalue weighted by molar-refractivity contribution is 0.202. The Morgan fingerprint density at radius 3 is 2.86 bits per heavy atom. The van der Waals surface area contributed by atoms with Gasteiger partial charge in [-0.1, -0.05) is 36.0 Å². The van der Waals surface area contributed by atoms with Crippen LogP contribution in [0.3, 0.4) is 0 Å². The summed E-state index contributed by atoms with van der Waals surface area (Å²) in [5.74, 6) is 2.39. The van der Waals surface area contributed by atoms with E-state index in [1.165, 1.54) is 32.1 Å². The lowest BCUT2D eigenvalue weighted by atomic mass is 9.75. The van der Waals surface area contributed by atoms with Gasteiger partial charge in [0.15, 0.2) is 5.84 Å². The van der Waals surface area contributed by atoms with Crippen molar-refractivity contribution in [1.29, 1.82) is 0 Å². The molecule has 6 heteroatoms. The van der Waals surface area contributed by atoms with Crippen molar-refractivity contribution in [3.63, 3.8) is 0 Å². The lowest BCUT2D eigenvalue weighted by Crippen LogP contribution is -2.42. The van der Waals surface area contributed by atoms with Gasteiger partial charge in [-0.3, -0.25) is 0 Å². The van der Waals surface area contributed by atoms with Crippen LogP contribution in [0.5, 0.6) is 0 Å². The third kappa shape index (κ3) is 2.79. The van der Waals surface area contributed by atoms with Crippen LogP contribution in [0.15, 0.2) is 17.4 Å². The summed E-state index contributed by atoms with van der Waals surface area (Å²) < 4.78 is 0. The number of halogens is 1.